The van der Waals surface area contributed by atoms with Gasteiger partial charge in [0.2, 0.25) is 6.79 Å². The fraction of sp³-hybridized carbons (Fsp3) is 0.350. The van der Waals surface area contributed by atoms with Gasteiger partial charge in [0.25, 0.3) is 0 Å². The number of fused-ring (bicyclic) bond motifs is 1. The quantitative estimate of drug-likeness (QED) is 0.781. The summed E-state index contributed by atoms with van der Waals surface area (Å²) < 4.78 is 15.9. The van der Waals surface area contributed by atoms with Crippen LogP contribution in [0.2, 0.25) is 0 Å². The largest absolute Gasteiger partial charge is 0.466 e. The fourth-order valence-corrected chi connectivity index (χ4v) is 2.79. The van der Waals surface area contributed by atoms with Crippen LogP contribution >= 0.6 is 0 Å². The van der Waals surface area contributed by atoms with Crippen molar-refractivity contribution < 1.29 is 19.0 Å². The minimum absolute atomic E-state index is 0.106. The zero-order valence-electron chi connectivity index (χ0n) is 14.6. The molecule has 0 saturated carbocycles. The van der Waals surface area contributed by atoms with E-state index < -0.39 is 0 Å². The van der Waals surface area contributed by atoms with Gasteiger partial charge in [0, 0.05) is 12.6 Å². The van der Waals surface area contributed by atoms with Gasteiger partial charge in [-0.15, -0.1) is 0 Å². The van der Waals surface area contributed by atoms with E-state index >= 15 is 0 Å². The van der Waals surface area contributed by atoms with Crippen LogP contribution in [0.5, 0.6) is 11.5 Å². The Balaban J connectivity index is 1.70. The normalized spacial score (nSPS) is 13.5. The minimum atomic E-state index is -0.203. The Kier molecular flexibility index (Phi) is 5.56. The van der Waals surface area contributed by atoms with E-state index in [9.17, 15) is 4.79 Å². The number of carbonyl (C=O) groups is 1. The van der Waals surface area contributed by atoms with Crippen LogP contribution < -0.4 is 14.8 Å². The van der Waals surface area contributed by atoms with Gasteiger partial charge in [-0.3, -0.25) is 4.79 Å². The number of nitrogens with one attached hydrogen (secondary N) is 1. The molecule has 0 fully saturated rings. The van der Waals surface area contributed by atoms with E-state index in [1.54, 1.807) is 0 Å². The summed E-state index contributed by atoms with van der Waals surface area (Å²) in [5.41, 5.74) is 3.33. The van der Waals surface area contributed by atoms with Gasteiger partial charge in [-0.25, -0.2) is 0 Å². The molecule has 0 amide bonds. The predicted molar refractivity (Wildman–Crippen MR) is 94.6 cm³/mol. The van der Waals surface area contributed by atoms with Gasteiger partial charge < -0.3 is 19.5 Å². The van der Waals surface area contributed by atoms with E-state index in [1.807, 2.05) is 44.2 Å². The van der Waals surface area contributed by atoms with E-state index in [0.29, 0.717) is 19.6 Å². The molecule has 0 unspecified atom stereocenters. The monoisotopic (exact) mass is 341 g/mol. The summed E-state index contributed by atoms with van der Waals surface area (Å²) in [6.45, 7) is 5.14. The van der Waals surface area contributed by atoms with Crippen molar-refractivity contribution in [2.45, 2.75) is 32.9 Å². The molecule has 2 aromatic rings. The van der Waals surface area contributed by atoms with Crippen LogP contribution in [0.25, 0.3) is 0 Å². The van der Waals surface area contributed by atoms with Crippen molar-refractivity contribution in [3.63, 3.8) is 0 Å². The van der Waals surface area contributed by atoms with Crippen molar-refractivity contribution in [3.8, 4) is 11.5 Å². The molecule has 25 heavy (non-hydrogen) atoms. The summed E-state index contributed by atoms with van der Waals surface area (Å²) in [5.74, 6) is 1.33. The molecule has 2 aromatic carbocycles. The van der Waals surface area contributed by atoms with Crippen molar-refractivity contribution >= 4 is 5.97 Å². The highest BCUT2D eigenvalue weighted by Crippen LogP contribution is 2.32. The summed E-state index contributed by atoms with van der Waals surface area (Å²) in [6, 6.07) is 14.0. The van der Waals surface area contributed by atoms with E-state index in [2.05, 4.69) is 17.4 Å². The number of rotatable bonds is 7. The van der Waals surface area contributed by atoms with Crippen LogP contribution in [0.1, 0.15) is 36.1 Å². The third-order valence-electron chi connectivity index (χ3n) is 4.15. The zero-order chi connectivity index (χ0) is 17.6. The summed E-state index contributed by atoms with van der Waals surface area (Å²) in [6.07, 6.45) is 0.293. The first-order valence-corrected chi connectivity index (χ1v) is 8.50. The van der Waals surface area contributed by atoms with Crippen LogP contribution in [0.15, 0.2) is 42.5 Å². The zero-order valence-corrected chi connectivity index (χ0v) is 14.6. The lowest BCUT2D eigenvalue weighted by atomic mass is 10.0. The average molecular weight is 341 g/mol. The predicted octanol–water partition coefficient (Wildman–Crippen LogP) is 3.51. The maximum Gasteiger partial charge on any atom is 0.307 e. The van der Waals surface area contributed by atoms with Crippen molar-refractivity contribution in [3.05, 3.63) is 59.2 Å². The average Bonchev–Trinajstić information content (AvgIpc) is 3.07. The van der Waals surface area contributed by atoms with E-state index in [4.69, 9.17) is 14.2 Å². The van der Waals surface area contributed by atoms with Gasteiger partial charge >= 0.3 is 5.97 Å². The molecule has 0 saturated heterocycles. The maximum absolute atomic E-state index is 12.0. The molecular weight excluding hydrogens is 318 g/mol. The molecule has 5 nitrogen and oxygen atoms in total. The first-order chi connectivity index (χ1) is 12.2. The Morgan fingerprint density at radius 3 is 2.68 bits per heavy atom. The lowest BCUT2D eigenvalue weighted by Gasteiger charge is -2.19. The smallest absolute Gasteiger partial charge is 0.307 e. The minimum Gasteiger partial charge on any atom is -0.466 e. The molecule has 132 valence electrons. The van der Waals surface area contributed by atoms with Crippen LogP contribution in [0, 0.1) is 6.92 Å². The molecule has 1 atom stereocenters. The van der Waals surface area contributed by atoms with E-state index in [1.165, 1.54) is 5.56 Å². The Labute approximate surface area is 147 Å². The third-order valence-corrected chi connectivity index (χ3v) is 4.15. The SMILES string of the molecule is CCOC(=O)C[C@H](NCc1ccc2c(c1)OCO2)c1ccc(C)cc1. The highest BCUT2D eigenvalue weighted by molar-refractivity contribution is 5.70. The highest BCUT2D eigenvalue weighted by atomic mass is 16.7. The van der Waals surface area contributed by atoms with Crippen molar-refractivity contribution in [1.82, 2.24) is 5.32 Å². The number of benzene rings is 2. The van der Waals surface area contributed by atoms with Crippen LogP contribution in [-0.4, -0.2) is 19.4 Å². The topological polar surface area (TPSA) is 56.8 Å². The molecule has 5 heteroatoms. The second-order valence-corrected chi connectivity index (χ2v) is 6.04. The Morgan fingerprint density at radius 2 is 1.92 bits per heavy atom. The van der Waals surface area contributed by atoms with Gasteiger partial charge in [-0.2, -0.15) is 0 Å². The molecule has 0 bridgehead atoms. The fourth-order valence-electron chi connectivity index (χ4n) is 2.79. The highest BCUT2D eigenvalue weighted by Gasteiger charge is 2.18. The molecule has 1 heterocycles. The number of hydrogen-bond acceptors (Lipinski definition) is 5. The third kappa shape index (κ3) is 4.51. The van der Waals surface area contributed by atoms with Crippen LogP contribution in [-0.2, 0) is 16.1 Å². The molecule has 0 aromatic heterocycles. The maximum atomic E-state index is 12.0. The lowest BCUT2D eigenvalue weighted by Crippen LogP contribution is -2.24. The summed E-state index contributed by atoms with van der Waals surface area (Å²) in [5, 5.41) is 3.46. The molecule has 0 radical (unpaired) electrons. The second kappa shape index (κ2) is 8.03. The van der Waals surface area contributed by atoms with Gasteiger partial charge in [0.1, 0.15) is 0 Å². The number of ether oxygens (including phenoxy) is 3. The first-order valence-electron chi connectivity index (χ1n) is 8.50. The Bertz CT molecular complexity index is 727. The number of hydrogen-bond donors (Lipinski definition) is 1. The number of esters is 1. The van der Waals surface area contributed by atoms with E-state index in [-0.39, 0.29) is 18.8 Å². The molecule has 1 N–H and O–H groups in total. The first kappa shape index (κ1) is 17.3. The second-order valence-electron chi connectivity index (χ2n) is 6.04. The Hall–Kier alpha value is -2.53. The number of carbonyl (C=O) groups excluding carboxylic acids is 1. The van der Waals surface area contributed by atoms with Crippen molar-refractivity contribution in [1.29, 1.82) is 0 Å². The molecule has 3 rings (SSSR count). The van der Waals surface area contributed by atoms with Gasteiger partial charge in [-0.1, -0.05) is 35.9 Å². The Morgan fingerprint density at radius 1 is 1.16 bits per heavy atom. The molecule has 0 spiro atoms. The molecule has 1 aliphatic heterocycles. The van der Waals surface area contributed by atoms with Gasteiger partial charge in [0.15, 0.2) is 11.5 Å². The summed E-state index contributed by atoms with van der Waals surface area (Å²) in [4.78, 5) is 12.0. The van der Waals surface area contributed by atoms with Crippen molar-refractivity contribution in [2.24, 2.45) is 0 Å². The molecule has 0 aliphatic carbocycles. The van der Waals surface area contributed by atoms with Crippen LogP contribution in [0.3, 0.4) is 0 Å². The number of aryl methyl sites for hydroxylation is 1. The van der Waals surface area contributed by atoms with Gasteiger partial charge in [0.05, 0.1) is 13.0 Å². The van der Waals surface area contributed by atoms with Crippen molar-refractivity contribution in [2.75, 3.05) is 13.4 Å². The van der Waals surface area contributed by atoms with Crippen LogP contribution in [0.4, 0.5) is 0 Å². The van der Waals surface area contributed by atoms with E-state index in [0.717, 1.165) is 22.6 Å². The molecule has 1 aliphatic rings. The van der Waals surface area contributed by atoms with Gasteiger partial charge in [-0.05, 0) is 37.1 Å². The summed E-state index contributed by atoms with van der Waals surface area (Å²) >= 11 is 0. The summed E-state index contributed by atoms with van der Waals surface area (Å²) in [7, 11) is 0. The lowest BCUT2D eigenvalue weighted by molar-refractivity contribution is -0.143. The standard InChI is InChI=1S/C20H23NO4/c1-3-23-20(22)11-17(16-7-4-14(2)5-8-16)21-12-15-6-9-18-19(10-15)25-13-24-18/h4-10,17,21H,3,11-13H2,1-2H3/t17-/m0/s1. The molecular formula is C20H23NO4.